The Morgan fingerprint density at radius 2 is 1.81 bits per heavy atom. The van der Waals surface area contributed by atoms with Gasteiger partial charge in [-0.3, -0.25) is 0 Å². The van der Waals surface area contributed by atoms with Gasteiger partial charge < -0.3 is 15.4 Å². The maximum absolute atomic E-state index is 11.7. The summed E-state index contributed by atoms with van der Waals surface area (Å²) in [5, 5.41) is 6.92. The van der Waals surface area contributed by atoms with E-state index < -0.39 is 0 Å². The monoisotopic (exact) mass is 400 g/mol. The summed E-state index contributed by atoms with van der Waals surface area (Å²) in [4.78, 5) is 13.1. The van der Waals surface area contributed by atoms with Crippen molar-refractivity contribution in [2.24, 2.45) is 0 Å². The third-order valence-corrected chi connectivity index (χ3v) is 5.88. The number of nitrogens with one attached hydrogen (secondary N) is 2. The number of thiocarbonyl (C=S) groups is 1. The number of benzene rings is 2. The Morgan fingerprint density at radius 3 is 2.52 bits per heavy atom. The van der Waals surface area contributed by atoms with Crippen LogP contribution in [0.4, 0.5) is 11.4 Å². The van der Waals surface area contributed by atoms with Gasteiger partial charge in [0.1, 0.15) is 0 Å². The molecule has 1 aliphatic heterocycles. The molecule has 2 aromatic rings. The number of hydrogen-bond donors (Lipinski definition) is 2. The van der Waals surface area contributed by atoms with Crippen molar-refractivity contribution < 1.29 is 9.53 Å². The average Bonchev–Trinajstić information content (AvgIpc) is 2.63. The number of ether oxygens (including phenoxy) is 1. The first-order chi connectivity index (χ1) is 12.9. The Hall–Kier alpha value is -2.05. The van der Waals surface area contributed by atoms with Crippen LogP contribution in [0.3, 0.4) is 0 Å². The Labute approximate surface area is 170 Å². The summed E-state index contributed by atoms with van der Waals surface area (Å²) in [7, 11) is 0. The molecule has 4 nitrogen and oxygen atoms in total. The van der Waals surface area contributed by atoms with E-state index >= 15 is 0 Å². The molecule has 0 radical (unpaired) electrons. The molecule has 2 aromatic carbocycles. The van der Waals surface area contributed by atoms with E-state index in [2.05, 4.69) is 42.7 Å². The van der Waals surface area contributed by atoms with E-state index in [1.807, 2.05) is 23.9 Å². The van der Waals surface area contributed by atoms with Gasteiger partial charge in [0, 0.05) is 16.3 Å². The molecule has 0 saturated carbocycles. The third kappa shape index (κ3) is 4.82. The van der Waals surface area contributed by atoms with Crippen LogP contribution in [0.15, 0.2) is 47.4 Å². The van der Waals surface area contributed by atoms with Gasteiger partial charge in [0.05, 0.1) is 12.2 Å². The summed E-state index contributed by atoms with van der Waals surface area (Å²) >= 11 is 7.35. The Bertz CT molecular complexity index is 848. The van der Waals surface area contributed by atoms with Crippen molar-refractivity contribution in [3.8, 4) is 0 Å². The lowest BCUT2D eigenvalue weighted by atomic mass is 9.81. The van der Waals surface area contributed by atoms with Crippen molar-refractivity contribution in [2.45, 2.75) is 37.5 Å². The molecule has 0 amide bonds. The van der Waals surface area contributed by atoms with E-state index in [1.54, 1.807) is 19.1 Å². The quantitative estimate of drug-likeness (QED) is 0.526. The molecule has 0 aromatic heterocycles. The zero-order chi connectivity index (χ0) is 19.4. The number of rotatable bonds is 4. The number of hydrogen-bond acceptors (Lipinski definition) is 4. The van der Waals surface area contributed by atoms with Crippen LogP contribution in [0.5, 0.6) is 0 Å². The number of fused-ring (bicyclic) bond motifs is 1. The minimum Gasteiger partial charge on any atom is -0.462 e. The van der Waals surface area contributed by atoms with Crippen LogP contribution in [0.2, 0.25) is 0 Å². The SMILES string of the molecule is CCOC(=O)c1ccc(NC(=S)Nc2ccc3c(c2)C(C)(C)CCS3)cc1. The van der Waals surface area contributed by atoms with Crippen molar-refractivity contribution >= 4 is 46.4 Å². The van der Waals surface area contributed by atoms with E-state index in [-0.39, 0.29) is 11.4 Å². The first-order valence-corrected chi connectivity index (χ1v) is 10.4. The van der Waals surface area contributed by atoms with Crippen molar-refractivity contribution in [1.82, 2.24) is 0 Å². The maximum atomic E-state index is 11.7. The molecule has 6 heteroatoms. The van der Waals surface area contributed by atoms with Gasteiger partial charge in [0.15, 0.2) is 5.11 Å². The molecule has 142 valence electrons. The fourth-order valence-electron chi connectivity index (χ4n) is 3.01. The van der Waals surface area contributed by atoms with E-state index in [0.717, 1.165) is 17.1 Å². The van der Waals surface area contributed by atoms with Crippen LogP contribution in [-0.4, -0.2) is 23.4 Å². The summed E-state index contributed by atoms with van der Waals surface area (Å²) in [5.74, 6) is 0.841. The van der Waals surface area contributed by atoms with E-state index in [1.165, 1.54) is 16.9 Å². The summed E-state index contributed by atoms with van der Waals surface area (Å²) in [6, 6.07) is 13.5. The molecule has 0 fully saturated rings. The molecule has 0 aliphatic carbocycles. The van der Waals surface area contributed by atoms with Gasteiger partial charge in [-0.2, -0.15) is 0 Å². The maximum Gasteiger partial charge on any atom is 0.338 e. The summed E-state index contributed by atoms with van der Waals surface area (Å²) in [5.41, 5.74) is 3.86. The number of anilines is 2. The van der Waals surface area contributed by atoms with Crippen molar-refractivity contribution in [3.05, 3.63) is 53.6 Å². The molecular formula is C21H24N2O2S2. The van der Waals surface area contributed by atoms with Gasteiger partial charge >= 0.3 is 5.97 Å². The Balaban J connectivity index is 1.65. The van der Waals surface area contributed by atoms with Crippen molar-refractivity contribution in [3.63, 3.8) is 0 Å². The Morgan fingerprint density at radius 1 is 1.15 bits per heavy atom. The lowest BCUT2D eigenvalue weighted by Crippen LogP contribution is -2.24. The molecule has 0 saturated heterocycles. The standard InChI is InChI=1S/C21H24N2O2S2/c1-4-25-19(24)14-5-7-15(8-6-14)22-20(26)23-16-9-10-18-17(13-16)21(2,3)11-12-27-18/h5-10,13H,4,11-12H2,1-3H3,(H2,22,23,26). The second kappa shape index (κ2) is 8.31. The second-order valence-electron chi connectivity index (χ2n) is 7.07. The third-order valence-electron chi connectivity index (χ3n) is 4.61. The average molecular weight is 401 g/mol. The smallest absolute Gasteiger partial charge is 0.338 e. The first kappa shape index (κ1) is 19.7. The second-order valence-corrected chi connectivity index (χ2v) is 8.62. The van der Waals surface area contributed by atoms with Gasteiger partial charge in [-0.1, -0.05) is 13.8 Å². The van der Waals surface area contributed by atoms with Crippen LogP contribution in [0.1, 0.15) is 43.1 Å². The molecule has 3 rings (SSSR count). The summed E-state index contributed by atoms with van der Waals surface area (Å²) < 4.78 is 4.99. The predicted octanol–water partition coefficient (Wildman–Crippen LogP) is 5.45. The molecule has 0 unspecified atom stereocenters. The van der Waals surface area contributed by atoms with Gasteiger partial charge in [0.2, 0.25) is 0 Å². The highest BCUT2D eigenvalue weighted by Gasteiger charge is 2.27. The van der Waals surface area contributed by atoms with Gasteiger partial charge in [0.25, 0.3) is 0 Å². The van der Waals surface area contributed by atoms with E-state index in [4.69, 9.17) is 17.0 Å². The van der Waals surface area contributed by atoms with Gasteiger partial charge in [-0.15, -0.1) is 11.8 Å². The lowest BCUT2D eigenvalue weighted by molar-refractivity contribution is 0.0526. The lowest BCUT2D eigenvalue weighted by Gasteiger charge is -2.32. The molecule has 0 bridgehead atoms. The van der Waals surface area contributed by atoms with Crippen LogP contribution in [0, 0.1) is 0 Å². The fraction of sp³-hybridized carbons (Fsp3) is 0.333. The molecule has 0 spiro atoms. The highest BCUT2D eigenvalue weighted by Crippen LogP contribution is 2.42. The topological polar surface area (TPSA) is 50.4 Å². The number of carbonyl (C=O) groups excluding carboxylic acids is 1. The van der Waals surface area contributed by atoms with Crippen LogP contribution in [-0.2, 0) is 10.2 Å². The van der Waals surface area contributed by atoms with Gasteiger partial charge in [-0.25, -0.2) is 4.79 Å². The summed E-state index contributed by atoms with van der Waals surface area (Å²) in [6.45, 7) is 6.73. The number of carbonyl (C=O) groups is 1. The van der Waals surface area contributed by atoms with Gasteiger partial charge in [-0.05, 0) is 84.8 Å². The van der Waals surface area contributed by atoms with E-state index in [0.29, 0.717) is 17.3 Å². The molecule has 1 aliphatic rings. The minimum absolute atomic E-state index is 0.177. The highest BCUT2D eigenvalue weighted by molar-refractivity contribution is 7.99. The van der Waals surface area contributed by atoms with Crippen molar-refractivity contribution in [1.29, 1.82) is 0 Å². The van der Waals surface area contributed by atoms with E-state index in [9.17, 15) is 4.79 Å². The van der Waals surface area contributed by atoms with Crippen molar-refractivity contribution in [2.75, 3.05) is 23.0 Å². The molecule has 2 N–H and O–H groups in total. The predicted molar refractivity (Wildman–Crippen MR) is 117 cm³/mol. The fourth-order valence-corrected chi connectivity index (χ4v) is 4.73. The minimum atomic E-state index is -0.320. The largest absolute Gasteiger partial charge is 0.462 e. The van der Waals surface area contributed by atoms with Crippen LogP contribution >= 0.6 is 24.0 Å². The molecular weight excluding hydrogens is 376 g/mol. The first-order valence-electron chi connectivity index (χ1n) is 9.01. The van der Waals surface area contributed by atoms with Crippen LogP contribution in [0.25, 0.3) is 0 Å². The van der Waals surface area contributed by atoms with Crippen LogP contribution < -0.4 is 10.6 Å². The number of thioether (sulfide) groups is 1. The highest BCUT2D eigenvalue weighted by atomic mass is 32.2. The normalized spacial score (nSPS) is 14.8. The Kier molecular flexibility index (Phi) is 6.07. The molecule has 0 atom stereocenters. The number of esters is 1. The molecule has 1 heterocycles. The zero-order valence-electron chi connectivity index (χ0n) is 15.8. The molecule has 27 heavy (non-hydrogen) atoms. The zero-order valence-corrected chi connectivity index (χ0v) is 17.4. The summed E-state index contributed by atoms with van der Waals surface area (Å²) in [6.07, 6.45) is 1.17.